The third-order valence-electron chi connectivity index (χ3n) is 1.64. The van der Waals surface area contributed by atoms with Gasteiger partial charge in [0.2, 0.25) is 0 Å². The van der Waals surface area contributed by atoms with Crippen molar-refractivity contribution in [2.45, 2.75) is 13.3 Å². The Bertz CT molecular complexity index is 339. The van der Waals surface area contributed by atoms with Crippen LogP contribution in [0.1, 0.15) is 27.9 Å². The van der Waals surface area contributed by atoms with E-state index in [1.54, 1.807) is 0 Å². The van der Waals surface area contributed by atoms with E-state index in [0.29, 0.717) is 0 Å². The van der Waals surface area contributed by atoms with Crippen LogP contribution in [0, 0.1) is 6.92 Å². The molecule has 0 fully saturated rings. The lowest BCUT2D eigenvalue weighted by Crippen LogP contribution is -2.05. The fourth-order valence-electron chi connectivity index (χ4n) is 1.04. The number of aryl methyl sites for hydroxylation is 1. The van der Waals surface area contributed by atoms with Gasteiger partial charge in [-0.1, -0.05) is 0 Å². The number of aromatic nitrogens is 1. The third kappa shape index (κ3) is 1.80. The maximum atomic E-state index is 12.4. The number of rotatable bonds is 2. The number of pyridine rings is 1. The molecule has 70 valence electrons. The molecule has 1 aromatic heterocycles. The zero-order chi connectivity index (χ0) is 10.0. The van der Waals surface area contributed by atoms with E-state index >= 15 is 0 Å². The average molecular weight is 187 g/mol. The Morgan fingerprint density at radius 1 is 1.54 bits per heavy atom. The van der Waals surface area contributed by atoms with E-state index in [1.807, 2.05) is 0 Å². The van der Waals surface area contributed by atoms with Crippen LogP contribution in [-0.2, 0) is 0 Å². The lowest BCUT2D eigenvalue weighted by atomic mass is 10.1. The van der Waals surface area contributed by atoms with Crippen molar-refractivity contribution in [2.75, 3.05) is 0 Å². The van der Waals surface area contributed by atoms with E-state index < -0.39 is 23.5 Å². The zero-order valence-corrected chi connectivity index (χ0v) is 6.79. The molecule has 0 radical (unpaired) electrons. The van der Waals surface area contributed by atoms with Crippen molar-refractivity contribution in [2.24, 2.45) is 0 Å². The number of alkyl halides is 2. The van der Waals surface area contributed by atoms with Gasteiger partial charge in [-0.2, -0.15) is 0 Å². The van der Waals surface area contributed by atoms with Gasteiger partial charge in [0, 0.05) is 18.0 Å². The highest BCUT2D eigenvalue weighted by Crippen LogP contribution is 2.25. The second-order valence-electron chi connectivity index (χ2n) is 2.52. The first kappa shape index (κ1) is 9.57. The van der Waals surface area contributed by atoms with Gasteiger partial charge < -0.3 is 5.11 Å². The Kier molecular flexibility index (Phi) is 2.55. The summed E-state index contributed by atoms with van der Waals surface area (Å²) in [5.74, 6) is -1.38. The molecule has 1 aromatic rings. The SMILES string of the molecule is Cc1cncc(C(=O)O)c1C(F)F. The van der Waals surface area contributed by atoms with E-state index in [9.17, 15) is 13.6 Å². The minimum atomic E-state index is -2.78. The predicted octanol–water partition coefficient (Wildman–Crippen LogP) is 2.03. The molecule has 1 heterocycles. The monoisotopic (exact) mass is 187 g/mol. The first-order valence-corrected chi connectivity index (χ1v) is 3.50. The molecule has 0 aliphatic rings. The fourth-order valence-corrected chi connectivity index (χ4v) is 1.04. The third-order valence-corrected chi connectivity index (χ3v) is 1.64. The van der Waals surface area contributed by atoms with Gasteiger partial charge in [0.05, 0.1) is 5.56 Å². The average Bonchev–Trinajstić information content (AvgIpc) is 2.02. The Morgan fingerprint density at radius 2 is 2.15 bits per heavy atom. The minimum absolute atomic E-state index is 0.190. The van der Waals surface area contributed by atoms with Crippen molar-refractivity contribution in [1.29, 1.82) is 0 Å². The molecular weight excluding hydrogens is 180 g/mol. The molecule has 0 atom stereocenters. The highest BCUT2D eigenvalue weighted by atomic mass is 19.3. The number of carboxylic acids is 1. The van der Waals surface area contributed by atoms with Crippen LogP contribution in [0.3, 0.4) is 0 Å². The summed E-state index contributed by atoms with van der Waals surface area (Å²) < 4.78 is 24.7. The van der Waals surface area contributed by atoms with Crippen molar-refractivity contribution in [3.8, 4) is 0 Å². The molecule has 0 aliphatic carbocycles. The van der Waals surface area contributed by atoms with Crippen molar-refractivity contribution in [1.82, 2.24) is 4.98 Å². The number of nitrogens with zero attached hydrogens (tertiary/aromatic N) is 1. The summed E-state index contributed by atoms with van der Waals surface area (Å²) >= 11 is 0. The summed E-state index contributed by atoms with van der Waals surface area (Å²) in [7, 11) is 0. The van der Waals surface area contributed by atoms with Crippen LogP contribution >= 0.6 is 0 Å². The molecule has 0 aliphatic heterocycles. The molecule has 1 rings (SSSR count). The second-order valence-corrected chi connectivity index (χ2v) is 2.52. The van der Waals surface area contributed by atoms with Gasteiger partial charge in [0.25, 0.3) is 6.43 Å². The van der Waals surface area contributed by atoms with Crippen LogP contribution in [0.5, 0.6) is 0 Å². The molecule has 0 unspecified atom stereocenters. The van der Waals surface area contributed by atoms with E-state index in [1.165, 1.54) is 13.1 Å². The Balaban J connectivity index is 3.34. The first-order chi connectivity index (χ1) is 6.04. The van der Waals surface area contributed by atoms with E-state index in [-0.39, 0.29) is 5.56 Å². The van der Waals surface area contributed by atoms with Crippen LogP contribution in [-0.4, -0.2) is 16.1 Å². The maximum Gasteiger partial charge on any atom is 0.337 e. The van der Waals surface area contributed by atoms with Gasteiger partial charge in [0.1, 0.15) is 0 Å². The molecule has 0 bridgehead atoms. The normalized spacial score (nSPS) is 10.5. The number of carboxylic acid groups (broad SMARTS) is 1. The van der Waals surface area contributed by atoms with Crippen molar-refractivity contribution in [3.63, 3.8) is 0 Å². The van der Waals surface area contributed by atoms with Gasteiger partial charge in [-0.3, -0.25) is 4.98 Å². The van der Waals surface area contributed by atoms with Crippen LogP contribution in [0.15, 0.2) is 12.4 Å². The van der Waals surface area contributed by atoms with E-state index in [2.05, 4.69) is 4.98 Å². The van der Waals surface area contributed by atoms with Gasteiger partial charge >= 0.3 is 5.97 Å². The van der Waals surface area contributed by atoms with Crippen LogP contribution in [0.25, 0.3) is 0 Å². The number of carbonyl (C=O) groups is 1. The lowest BCUT2D eigenvalue weighted by Gasteiger charge is -2.06. The summed E-state index contributed by atoms with van der Waals surface area (Å²) in [6, 6.07) is 0. The van der Waals surface area contributed by atoms with Gasteiger partial charge in [-0.15, -0.1) is 0 Å². The second kappa shape index (κ2) is 3.47. The van der Waals surface area contributed by atoms with Crippen molar-refractivity contribution in [3.05, 3.63) is 29.1 Å². The Labute approximate surface area is 73.0 Å². The number of hydrogen-bond acceptors (Lipinski definition) is 2. The topological polar surface area (TPSA) is 50.2 Å². The Hall–Kier alpha value is -1.52. The fraction of sp³-hybridized carbons (Fsp3) is 0.250. The summed E-state index contributed by atoms with van der Waals surface area (Å²) in [4.78, 5) is 14.0. The number of aromatic carboxylic acids is 1. The quantitative estimate of drug-likeness (QED) is 0.770. The molecule has 0 amide bonds. The summed E-state index contributed by atoms with van der Waals surface area (Å²) in [6.45, 7) is 1.40. The van der Waals surface area contributed by atoms with Gasteiger partial charge in [-0.25, -0.2) is 13.6 Å². The summed E-state index contributed by atoms with van der Waals surface area (Å²) in [5.41, 5.74) is -0.701. The zero-order valence-electron chi connectivity index (χ0n) is 6.79. The smallest absolute Gasteiger partial charge is 0.337 e. The molecule has 5 heteroatoms. The van der Waals surface area contributed by atoms with Crippen LogP contribution in [0.2, 0.25) is 0 Å². The van der Waals surface area contributed by atoms with E-state index in [4.69, 9.17) is 5.11 Å². The summed E-state index contributed by atoms with van der Waals surface area (Å²) in [6.07, 6.45) is -0.640. The van der Waals surface area contributed by atoms with Crippen LogP contribution in [0.4, 0.5) is 8.78 Å². The molecule has 0 saturated heterocycles. The molecule has 3 nitrogen and oxygen atoms in total. The summed E-state index contributed by atoms with van der Waals surface area (Å²) in [5, 5.41) is 8.57. The highest BCUT2D eigenvalue weighted by Gasteiger charge is 2.20. The van der Waals surface area contributed by atoms with Crippen LogP contribution < -0.4 is 0 Å². The number of halogens is 2. The maximum absolute atomic E-state index is 12.4. The molecule has 0 aromatic carbocycles. The molecule has 0 spiro atoms. The first-order valence-electron chi connectivity index (χ1n) is 3.50. The molecule has 13 heavy (non-hydrogen) atoms. The predicted molar refractivity (Wildman–Crippen MR) is 40.9 cm³/mol. The minimum Gasteiger partial charge on any atom is -0.478 e. The molecule has 0 saturated carbocycles. The highest BCUT2D eigenvalue weighted by molar-refractivity contribution is 5.89. The standard InChI is InChI=1S/C8H7F2NO2/c1-4-2-11-3-5(8(12)13)6(4)7(9)10/h2-3,7H,1H3,(H,12,13). The van der Waals surface area contributed by atoms with Gasteiger partial charge in [0.15, 0.2) is 0 Å². The van der Waals surface area contributed by atoms with Crippen molar-refractivity contribution >= 4 is 5.97 Å². The molecule has 1 N–H and O–H groups in total. The van der Waals surface area contributed by atoms with Gasteiger partial charge in [-0.05, 0) is 12.5 Å². The van der Waals surface area contributed by atoms with E-state index in [0.717, 1.165) is 6.20 Å². The largest absolute Gasteiger partial charge is 0.478 e. The molecular formula is C8H7F2NO2. The van der Waals surface area contributed by atoms with Crippen molar-refractivity contribution < 1.29 is 18.7 Å². The Morgan fingerprint density at radius 3 is 2.54 bits per heavy atom. The lowest BCUT2D eigenvalue weighted by molar-refractivity contribution is 0.0683. The number of hydrogen-bond donors (Lipinski definition) is 1.